The molecule has 0 saturated heterocycles. The molecule has 1 N–H and O–H groups in total. The molecule has 0 unspecified atom stereocenters. The third-order valence-electron chi connectivity index (χ3n) is 2.93. The van der Waals surface area contributed by atoms with Gasteiger partial charge in [0.2, 0.25) is 0 Å². The van der Waals surface area contributed by atoms with E-state index in [1.807, 2.05) is 6.07 Å². The molecule has 0 radical (unpaired) electrons. The molecule has 0 aliphatic heterocycles. The number of nitrogens with one attached hydrogen (secondary N) is 1. The average Bonchev–Trinajstić information content (AvgIpc) is 2.80. The Balaban J connectivity index is 1.97. The van der Waals surface area contributed by atoms with Crippen LogP contribution in [-0.2, 0) is 13.2 Å². The Morgan fingerprint density at radius 1 is 1.29 bits per heavy atom. The van der Waals surface area contributed by atoms with Gasteiger partial charge in [-0.05, 0) is 45.4 Å². The molecule has 0 saturated carbocycles. The van der Waals surface area contributed by atoms with E-state index in [1.54, 1.807) is 13.0 Å². The summed E-state index contributed by atoms with van der Waals surface area (Å²) in [4.78, 5) is 0. The van der Waals surface area contributed by atoms with Crippen molar-refractivity contribution in [2.45, 2.75) is 46.4 Å². The van der Waals surface area contributed by atoms with Gasteiger partial charge in [-0.2, -0.15) is 0 Å². The summed E-state index contributed by atoms with van der Waals surface area (Å²) >= 11 is 0. The fourth-order valence-electron chi connectivity index (χ4n) is 1.67. The van der Waals surface area contributed by atoms with Crippen LogP contribution in [0.4, 0.5) is 4.39 Å². The zero-order valence-electron chi connectivity index (χ0n) is 12.7. The van der Waals surface area contributed by atoms with Gasteiger partial charge >= 0.3 is 0 Å². The van der Waals surface area contributed by atoms with Crippen molar-refractivity contribution in [2.75, 3.05) is 0 Å². The van der Waals surface area contributed by atoms with Gasteiger partial charge in [-0.15, -0.1) is 0 Å². The maximum atomic E-state index is 14.0. The van der Waals surface area contributed by atoms with E-state index in [9.17, 15) is 4.39 Å². The second-order valence-electron chi connectivity index (χ2n) is 5.95. The van der Waals surface area contributed by atoms with Gasteiger partial charge < -0.3 is 10.1 Å². The average molecular weight is 293 g/mol. The monoisotopic (exact) mass is 293 g/mol. The van der Waals surface area contributed by atoms with Crippen molar-refractivity contribution in [1.29, 1.82) is 0 Å². The van der Waals surface area contributed by atoms with Crippen molar-refractivity contribution >= 4 is 0 Å². The lowest BCUT2D eigenvalue weighted by Gasteiger charge is -2.20. The quantitative estimate of drug-likeness (QED) is 0.918. The van der Waals surface area contributed by atoms with Crippen LogP contribution in [0, 0.1) is 12.7 Å². The Hall–Kier alpha value is -1.95. The molecule has 0 bridgehead atoms. The van der Waals surface area contributed by atoms with Crippen LogP contribution in [0.1, 0.15) is 37.7 Å². The van der Waals surface area contributed by atoms with E-state index < -0.39 is 5.82 Å². The Morgan fingerprint density at radius 2 is 2.05 bits per heavy atom. The van der Waals surface area contributed by atoms with E-state index >= 15 is 0 Å². The number of halogens is 1. The van der Waals surface area contributed by atoms with Crippen LogP contribution in [0.15, 0.2) is 22.8 Å². The number of benzene rings is 1. The molecule has 2 aromatic rings. The molecular formula is C15H20FN3O2. The fraction of sp³-hybridized carbons (Fsp3) is 0.467. The maximum absolute atomic E-state index is 14.0. The van der Waals surface area contributed by atoms with E-state index in [2.05, 4.69) is 41.0 Å². The number of ether oxygens (including phenoxy) is 1. The molecule has 0 fully saturated rings. The molecule has 1 heterocycles. The van der Waals surface area contributed by atoms with Gasteiger partial charge in [-0.3, -0.25) is 0 Å². The van der Waals surface area contributed by atoms with Gasteiger partial charge in [0.1, 0.15) is 18.0 Å². The van der Waals surface area contributed by atoms with Crippen molar-refractivity contribution in [3.05, 3.63) is 41.0 Å². The Labute approximate surface area is 123 Å². The molecule has 2 rings (SSSR count). The van der Waals surface area contributed by atoms with E-state index in [0.29, 0.717) is 17.9 Å². The number of aryl methyl sites for hydroxylation is 1. The first-order valence-electron chi connectivity index (χ1n) is 6.79. The predicted molar refractivity (Wildman–Crippen MR) is 76.4 cm³/mol. The summed E-state index contributed by atoms with van der Waals surface area (Å²) in [5, 5.41) is 10.6. The van der Waals surface area contributed by atoms with Gasteiger partial charge in [0.25, 0.3) is 0 Å². The molecule has 1 aromatic heterocycles. The highest BCUT2D eigenvalue weighted by Gasteiger charge is 2.11. The minimum absolute atomic E-state index is 0.0108. The molecule has 0 atom stereocenters. The zero-order chi connectivity index (χ0) is 15.5. The Bertz CT molecular complexity index is 605. The molecule has 0 aliphatic carbocycles. The summed E-state index contributed by atoms with van der Waals surface area (Å²) in [6.45, 7) is 8.69. The van der Waals surface area contributed by atoms with E-state index in [1.165, 1.54) is 6.07 Å². The minimum atomic E-state index is -0.391. The highest BCUT2D eigenvalue weighted by atomic mass is 19.1. The van der Waals surface area contributed by atoms with Crippen molar-refractivity contribution in [3.8, 4) is 5.75 Å². The van der Waals surface area contributed by atoms with Crippen molar-refractivity contribution in [1.82, 2.24) is 15.6 Å². The predicted octanol–water partition coefficient (Wildman–Crippen LogP) is 2.98. The highest BCUT2D eigenvalue weighted by molar-refractivity contribution is 5.29. The first-order valence-corrected chi connectivity index (χ1v) is 6.79. The topological polar surface area (TPSA) is 60.2 Å². The second kappa shape index (κ2) is 6.22. The van der Waals surface area contributed by atoms with Crippen LogP contribution >= 0.6 is 0 Å². The molecule has 21 heavy (non-hydrogen) atoms. The third kappa shape index (κ3) is 4.53. The van der Waals surface area contributed by atoms with Gasteiger partial charge in [0.15, 0.2) is 11.6 Å². The normalized spacial score (nSPS) is 11.7. The molecule has 0 amide bonds. The highest BCUT2D eigenvalue weighted by Crippen LogP contribution is 2.20. The first kappa shape index (κ1) is 15.4. The smallest absolute Gasteiger partial charge is 0.165 e. The lowest BCUT2D eigenvalue weighted by atomic mass is 10.1. The molecule has 114 valence electrons. The molecule has 0 spiro atoms. The van der Waals surface area contributed by atoms with E-state index in [0.717, 1.165) is 5.56 Å². The van der Waals surface area contributed by atoms with Gasteiger partial charge in [0, 0.05) is 12.1 Å². The van der Waals surface area contributed by atoms with Crippen molar-refractivity contribution < 1.29 is 13.8 Å². The van der Waals surface area contributed by atoms with E-state index in [4.69, 9.17) is 4.74 Å². The molecule has 0 aliphatic rings. The number of aromatic nitrogens is 2. The summed E-state index contributed by atoms with van der Waals surface area (Å²) in [6.07, 6.45) is 0. The van der Waals surface area contributed by atoms with Gasteiger partial charge in [-0.25, -0.2) is 9.02 Å². The zero-order valence-corrected chi connectivity index (χ0v) is 12.7. The van der Waals surface area contributed by atoms with E-state index in [-0.39, 0.29) is 17.9 Å². The third-order valence-corrected chi connectivity index (χ3v) is 2.93. The van der Waals surface area contributed by atoms with Gasteiger partial charge in [-0.1, -0.05) is 16.4 Å². The fourth-order valence-corrected chi connectivity index (χ4v) is 1.67. The number of hydrogen-bond donors (Lipinski definition) is 1. The number of rotatable bonds is 5. The van der Waals surface area contributed by atoms with Crippen LogP contribution < -0.4 is 10.1 Å². The van der Waals surface area contributed by atoms with Crippen LogP contribution in [0.5, 0.6) is 5.75 Å². The lowest BCUT2D eigenvalue weighted by molar-refractivity contribution is 0.262. The summed E-state index contributed by atoms with van der Waals surface area (Å²) < 4.78 is 24.0. The SMILES string of the molecule is Cc1nonc1COc1ccc(CNC(C)(C)C)cc1F. The second-order valence-corrected chi connectivity index (χ2v) is 5.95. The number of nitrogens with zero attached hydrogens (tertiary/aromatic N) is 2. The minimum Gasteiger partial charge on any atom is -0.484 e. The summed E-state index contributed by atoms with van der Waals surface area (Å²) in [5.41, 5.74) is 2.06. The van der Waals surface area contributed by atoms with Crippen molar-refractivity contribution in [2.24, 2.45) is 0 Å². The molecule has 1 aromatic carbocycles. The van der Waals surface area contributed by atoms with Gasteiger partial charge in [0.05, 0.1) is 0 Å². The van der Waals surface area contributed by atoms with Crippen LogP contribution in [0.25, 0.3) is 0 Å². The standard InChI is InChI=1S/C15H20FN3O2/c1-10-13(19-21-18-10)9-20-14-6-5-11(7-12(14)16)8-17-15(2,3)4/h5-7,17H,8-9H2,1-4H3. The summed E-state index contributed by atoms with van der Waals surface area (Å²) in [7, 11) is 0. The number of hydrogen-bond acceptors (Lipinski definition) is 5. The molecular weight excluding hydrogens is 273 g/mol. The van der Waals surface area contributed by atoms with Crippen LogP contribution in [-0.4, -0.2) is 15.9 Å². The van der Waals surface area contributed by atoms with Crippen molar-refractivity contribution in [3.63, 3.8) is 0 Å². The summed E-state index contributed by atoms with van der Waals surface area (Å²) in [6, 6.07) is 4.94. The molecule has 5 nitrogen and oxygen atoms in total. The molecule has 6 heteroatoms. The Kier molecular flexibility index (Phi) is 4.57. The van der Waals surface area contributed by atoms with Crippen LogP contribution in [0.2, 0.25) is 0 Å². The lowest BCUT2D eigenvalue weighted by Crippen LogP contribution is -2.35. The largest absolute Gasteiger partial charge is 0.484 e. The summed E-state index contributed by atoms with van der Waals surface area (Å²) in [5.74, 6) is -0.200. The Morgan fingerprint density at radius 3 is 2.62 bits per heavy atom. The van der Waals surface area contributed by atoms with Crippen LogP contribution in [0.3, 0.4) is 0 Å². The first-order chi connectivity index (χ1) is 9.85. The maximum Gasteiger partial charge on any atom is 0.165 e.